The molecule has 0 fully saturated rings. The van der Waals surface area contributed by atoms with Gasteiger partial charge in [0.15, 0.2) is 0 Å². The van der Waals surface area contributed by atoms with Crippen molar-refractivity contribution in [2.24, 2.45) is 5.41 Å². The van der Waals surface area contributed by atoms with Gasteiger partial charge in [-0.05, 0) is 52.9 Å². The van der Waals surface area contributed by atoms with E-state index in [9.17, 15) is 4.79 Å². The van der Waals surface area contributed by atoms with Gasteiger partial charge in [0.1, 0.15) is 11.3 Å². The number of pyridine rings is 4. The number of nitrogens with zero attached hydrogens (tertiary/aromatic N) is 5. The van der Waals surface area contributed by atoms with Crippen molar-refractivity contribution in [3.05, 3.63) is 73.6 Å². The van der Waals surface area contributed by atoms with Gasteiger partial charge in [0.25, 0.3) is 0 Å². The largest absolute Gasteiger partial charge is 0.338 e. The van der Waals surface area contributed by atoms with Gasteiger partial charge in [-0.3, -0.25) is 24.8 Å². The molecule has 0 aromatic carbocycles. The fourth-order valence-electron chi connectivity index (χ4n) is 4.55. The van der Waals surface area contributed by atoms with Crippen molar-refractivity contribution in [2.45, 2.75) is 27.2 Å². The summed E-state index contributed by atoms with van der Waals surface area (Å²) in [6.45, 7) is 6.10. The maximum atomic E-state index is 12.4. The molecule has 0 aliphatic heterocycles. The summed E-state index contributed by atoms with van der Waals surface area (Å²) in [6, 6.07) is 11.9. The number of H-pyrrole nitrogens is 2. The van der Waals surface area contributed by atoms with E-state index in [1.165, 1.54) is 0 Å². The van der Waals surface area contributed by atoms with Gasteiger partial charge in [0.05, 0.1) is 35.0 Å². The molecule has 0 saturated heterocycles. The first-order chi connectivity index (χ1) is 18.3. The number of hydrogen-bond acceptors (Lipinski definition) is 6. The molecule has 188 valence electrons. The van der Waals surface area contributed by atoms with Gasteiger partial charge >= 0.3 is 0 Å². The van der Waals surface area contributed by atoms with Crippen molar-refractivity contribution in [1.82, 2.24) is 35.1 Å². The summed E-state index contributed by atoms with van der Waals surface area (Å²) >= 11 is 0. The molecule has 0 atom stereocenters. The first-order valence-corrected chi connectivity index (χ1v) is 12.3. The zero-order valence-electron chi connectivity index (χ0n) is 21.3. The highest BCUT2D eigenvalue weighted by molar-refractivity contribution is 6.00. The molecule has 0 spiro atoms. The average Bonchev–Trinajstić information content (AvgIpc) is 3.51. The van der Waals surface area contributed by atoms with Gasteiger partial charge < -0.3 is 10.3 Å². The first-order valence-electron chi connectivity index (χ1n) is 12.3. The molecule has 9 nitrogen and oxygen atoms in total. The second-order valence-electron chi connectivity index (χ2n) is 10.5. The van der Waals surface area contributed by atoms with Crippen LogP contribution in [0.3, 0.4) is 0 Å². The van der Waals surface area contributed by atoms with Crippen molar-refractivity contribution in [3.8, 4) is 33.8 Å². The number of rotatable bonds is 5. The molecule has 6 heterocycles. The van der Waals surface area contributed by atoms with Crippen LogP contribution >= 0.6 is 0 Å². The van der Waals surface area contributed by atoms with Crippen LogP contribution in [0.5, 0.6) is 0 Å². The molecular weight excluding hydrogens is 476 g/mol. The van der Waals surface area contributed by atoms with Crippen LogP contribution in [0.4, 0.5) is 5.69 Å². The normalized spacial score (nSPS) is 11.8. The van der Waals surface area contributed by atoms with E-state index < -0.39 is 0 Å². The van der Waals surface area contributed by atoms with Gasteiger partial charge in [-0.2, -0.15) is 5.10 Å². The molecule has 3 N–H and O–H groups in total. The smallest absolute Gasteiger partial charge is 0.224 e. The monoisotopic (exact) mass is 502 g/mol. The molecule has 0 unspecified atom stereocenters. The summed E-state index contributed by atoms with van der Waals surface area (Å²) in [7, 11) is 0. The molecule has 38 heavy (non-hydrogen) atoms. The number of hydrogen-bond donors (Lipinski definition) is 3. The molecular formula is C29H26N8O. The van der Waals surface area contributed by atoms with Gasteiger partial charge in [-0.25, -0.2) is 4.98 Å². The molecule has 0 aliphatic rings. The Balaban J connectivity index is 1.36. The van der Waals surface area contributed by atoms with Gasteiger partial charge in [-0.1, -0.05) is 20.8 Å². The van der Waals surface area contributed by atoms with Crippen molar-refractivity contribution in [1.29, 1.82) is 0 Å². The highest BCUT2D eigenvalue weighted by Gasteiger charge is 2.17. The minimum Gasteiger partial charge on any atom is -0.338 e. The number of amides is 1. The Morgan fingerprint density at radius 3 is 2.55 bits per heavy atom. The Kier molecular flexibility index (Phi) is 5.68. The van der Waals surface area contributed by atoms with Crippen molar-refractivity contribution in [2.75, 3.05) is 5.32 Å². The van der Waals surface area contributed by atoms with Crippen molar-refractivity contribution in [3.63, 3.8) is 0 Å². The minimum atomic E-state index is -0.101. The minimum absolute atomic E-state index is 0.0458. The standard InChI is InChI=1S/C29H26N8O/c1-29(2,3)13-26(38)34-19-10-18(14-31-15-19)23-12-22-25(16-33-23)36-37-27(22)24-11-21-20(6-9-32-28(21)35-24)17-4-7-30-8-5-17/h4-12,14-16H,13H2,1-3H3,(H,32,35)(H,34,38)(H,36,37). The third-order valence-corrected chi connectivity index (χ3v) is 6.23. The maximum Gasteiger partial charge on any atom is 0.224 e. The molecule has 1 amide bonds. The van der Waals surface area contributed by atoms with Crippen molar-refractivity contribution >= 4 is 33.5 Å². The number of fused-ring (bicyclic) bond motifs is 2. The summed E-state index contributed by atoms with van der Waals surface area (Å²) < 4.78 is 0. The molecule has 0 saturated carbocycles. The Labute approximate surface area is 218 Å². The predicted molar refractivity (Wildman–Crippen MR) is 148 cm³/mol. The summed E-state index contributed by atoms with van der Waals surface area (Å²) in [5.41, 5.74) is 7.40. The molecule has 0 aliphatic carbocycles. The van der Waals surface area contributed by atoms with E-state index >= 15 is 0 Å². The number of aromatic amines is 2. The molecule has 6 aromatic rings. The van der Waals surface area contributed by atoms with E-state index in [4.69, 9.17) is 0 Å². The van der Waals surface area contributed by atoms with Crippen LogP contribution in [0.25, 0.3) is 55.7 Å². The second-order valence-corrected chi connectivity index (χ2v) is 10.5. The van der Waals surface area contributed by atoms with E-state index in [2.05, 4.69) is 46.5 Å². The van der Waals surface area contributed by atoms with Crippen LogP contribution in [0.15, 0.2) is 73.6 Å². The number of anilines is 1. The summed E-state index contributed by atoms with van der Waals surface area (Å²) in [4.78, 5) is 33.4. The Hall–Kier alpha value is -4.92. The molecule has 0 radical (unpaired) electrons. The van der Waals surface area contributed by atoms with Crippen LogP contribution in [-0.2, 0) is 4.79 Å². The lowest BCUT2D eigenvalue weighted by Crippen LogP contribution is -2.19. The first kappa shape index (κ1) is 23.5. The van der Waals surface area contributed by atoms with E-state index in [0.29, 0.717) is 12.1 Å². The van der Waals surface area contributed by atoms with Crippen molar-refractivity contribution < 1.29 is 4.79 Å². The topological polar surface area (TPSA) is 125 Å². The fraction of sp³-hybridized carbons (Fsp3) is 0.172. The Morgan fingerprint density at radius 2 is 1.74 bits per heavy atom. The fourth-order valence-corrected chi connectivity index (χ4v) is 4.55. The van der Waals surface area contributed by atoms with Crippen LogP contribution in [0.2, 0.25) is 0 Å². The number of carbonyl (C=O) groups excluding carboxylic acids is 1. The third-order valence-electron chi connectivity index (χ3n) is 6.23. The summed E-state index contributed by atoms with van der Waals surface area (Å²) in [5.74, 6) is -0.0458. The van der Waals surface area contributed by atoms with E-state index in [-0.39, 0.29) is 11.3 Å². The molecule has 9 heteroatoms. The Bertz CT molecular complexity index is 1780. The summed E-state index contributed by atoms with van der Waals surface area (Å²) in [5, 5.41) is 12.5. The van der Waals surface area contributed by atoms with Crippen LogP contribution in [-0.4, -0.2) is 41.0 Å². The van der Waals surface area contributed by atoms with E-state index in [1.807, 2.05) is 51.1 Å². The van der Waals surface area contributed by atoms with Gasteiger partial charge in [0, 0.05) is 47.5 Å². The maximum absolute atomic E-state index is 12.4. The predicted octanol–water partition coefficient (Wildman–Crippen LogP) is 6.00. The highest BCUT2D eigenvalue weighted by atomic mass is 16.1. The van der Waals surface area contributed by atoms with Crippen LogP contribution < -0.4 is 5.32 Å². The summed E-state index contributed by atoms with van der Waals surface area (Å²) in [6.07, 6.45) is 10.9. The highest BCUT2D eigenvalue weighted by Crippen LogP contribution is 2.34. The average molecular weight is 503 g/mol. The SMILES string of the molecule is CC(C)(C)CC(=O)Nc1cncc(-c2cc3c(-c4cc5c(-c6ccncc6)ccnc5[nH]4)n[nH]c3cn2)c1. The van der Waals surface area contributed by atoms with Gasteiger partial charge in [0.2, 0.25) is 5.91 Å². The number of nitrogens with one attached hydrogen (secondary N) is 3. The number of carbonyl (C=O) groups is 1. The van der Waals surface area contributed by atoms with Crippen LogP contribution in [0.1, 0.15) is 27.2 Å². The van der Waals surface area contributed by atoms with E-state index in [0.717, 1.165) is 55.7 Å². The number of aromatic nitrogens is 7. The zero-order valence-corrected chi connectivity index (χ0v) is 21.3. The second kappa shape index (κ2) is 9.19. The van der Waals surface area contributed by atoms with Gasteiger partial charge in [-0.15, -0.1) is 0 Å². The molecule has 6 aromatic heterocycles. The molecule has 6 rings (SSSR count). The Morgan fingerprint density at radius 1 is 0.895 bits per heavy atom. The quantitative estimate of drug-likeness (QED) is 0.265. The van der Waals surface area contributed by atoms with E-state index in [1.54, 1.807) is 37.2 Å². The van der Waals surface area contributed by atoms with Crippen LogP contribution in [0, 0.1) is 5.41 Å². The lowest BCUT2D eigenvalue weighted by molar-refractivity contribution is -0.117. The lowest BCUT2D eigenvalue weighted by atomic mass is 9.92. The third kappa shape index (κ3) is 4.61. The molecule has 0 bridgehead atoms. The zero-order chi connectivity index (χ0) is 26.3. The lowest BCUT2D eigenvalue weighted by Gasteiger charge is -2.17.